The number of aromatic nitrogens is 1. The summed E-state index contributed by atoms with van der Waals surface area (Å²) >= 11 is 0. The van der Waals surface area contributed by atoms with Crippen molar-refractivity contribution in [3.05, 3.63) is 59.8 Å². The first-order valence-corrected chi connectivity index (χ1v) is 9.38. The van der Waals surface area contributed by atoms with Crippen molar-refractivity contribution in [2.24, 2.45) is 0 Å². The molecular weight excluding hydrogens is 374 g/mol. The highest BCUT2D eigenvalue weighted by atomic mass is 16.6. The van der Waals surface area contributed by atoms with E-state index in [1.54, 1.807) is 30.3 Å². The van der Waals surface area contributed by atoms with Crippen LogP contribution in [0.15, 0.2) is 53.1 Å². The van der Waals surface area contributed by atoms with Gasteiger partial charge in [-0.15, -0.1) is 0 Å². The maximum Gasteiger partial charge on any atom is 0.338 e. The molecule has 0 bridgehead atoms. The number of rotatable bonds is 6. The molecule has 29 heavy (non-hydrogen) atoms. The minimum absolute atomic E-state index is 0.0110. The Morgan fingerprint density at radius 1 is 1.03 bits per heavy atom. The van der Waals surface area contributed by atoms with E-state index in [1.807, 2.05) is 32.0 Å². The summed E-state index contributed by atoms with van der Waals surface area (Å²) in [5.74, 6) is 2.20. The number of benzene rings is 2. The first-order chi connectivity index (χ1) is 14.1. The Kier molecular flexibility index (Phi) is 5.37. The SMILES string of the molecule is CC(C)Oc1ccc(C(=O)OCc2cc(-c3ccc4c(c3)OCCO4)on2)cc1. The van der Waals surface area contributed by atoms with Crippen LogP contribution in [0, 0.1) is 0 Å². The molecule has 7 nitrogen and oxygen atoms in total. The lowest BCUT2D eigenvalue weighted by atomic mass is 10.1. The summed E-state index contributed by atoms with van der Waals surface area (Å²) in [6.45, 7) is 4.95. The van der Waals surface area contributed by atoms with Gasteiger partial charge < -0.3 is 23.5 Å². The largest absolute Gasteiger partial charge is 0.491 e. The molecule has 2 heterocycles. The number of ether oxygens (including phenoxy) is 4. The topological polar surface area (TPSA) is 80.0 Å². The lowest BCUT2D eigenvalue weighted by molar-refractivity contribution is 0.0464. The number of carbonyl (C=O) groups excluding carboxylic acids is 1. The molecular formula is C22H21NO6. The molecule has 0 atom stereocenters. The molecule has 4 rings (SSSR count). The van der Waals surface area contributed by atoms with E-state index < -0.39 is 5.97 Å². The summed E-state index contributed by atoms with van der Waals surface area (Å²) in [6.07, 6.45) is 0.0726. The number of fused-ring (bicyclic) bond motifs is 1. The van der Waals surface area contributed by atoms with Gasteiger partial charge in [-0.1, -0.05) is 5.16 Å². The second-order valence-electron chi connectivity index (χ2n) is 6.81. The van der Waals surface area contributed by atoms with Gasteiger partial charge in [0.25, 0.3) is 0 Å². The average Bonchev–Trinajstić information content (AvgIpc) is 3.21. The lowest BCUT2D eigenvalue weighted by Gasteiger charge is -2.18. The summed E-state index contributed by atoms with van der Waals surface area (Å²) in [5, 5.41) is 3.97. The number of carbonyl (C=O) groups is 1. The Bertz CT molecular complexity index is 993. The van der Waals surface area contributed by atoms with Crippen molar-refractivity contribution in [1.29, 1.82) is 0 Å². The highest BCUT2D eigenvalue weighted by Crippen LogP contribution is 2.34. The smallest absolute Gasteiger partial charge is 0.338 e. The Morgan fingerprint density at radius 2 is 1.79 bits per heavy atom. The third kappa shape index (κ3) is 4.51. The lowest BCUT2D eigenvalue weighted by Crippen LogP contribution is -2.15. The van der Waals surface area contributed by atoms with Crippen LogP contribution < -0.4 is 14.2 Å². The fourth-order valence-electron chi connectivity index (χ4n) is 2.88. The van der Waals surface area contributed by atoms with E-state index in [9.17, 15) is 4.79 Å². The van der Waals surface area contributed by atoms with E-state index >= 15 is 0 Å². The van der Waals surface area contributed by atoms with Crippen LogP contribution in [0.4, 0.5) is 0 Å². The summed E-state index contributed by atoms with van der Waals surface area (Å²) in [5.41, 5.74) is 1.76. The minimum atomic E-state index is -0.440. The minimum Gasteiger partial charge on any atom is -0.491 e. The van der Waals surface area contributed by atoms with Crippen LogP contribution in [0.5, 0.6) is 17.2 Å². The van der Waals surface area contributed by atoms with Crippen LogP contribution >= 0.6 is 0 Å². The molecule has 0 aliphatic carbocycles. The Hall–Kier alpha value is -3.48. The van der Waals surface area contributed by atoms with Gasteiger partial charge in [-0.05, 0) is 56.3 Å². The van der Waals surface area contributed by atoms with Crippen molar-refractivity contribution in [3.63, 3.8) is 0 Å². The van der Waals surface area contributed by atoms with Crippen molar-refractivity contribution >= 4 is 5.97 Å². The number of nitrogens with zero attached hydrogens (tertiary/aromatic N) is 1. The molecule has 0 fully saturated rings. The zero-order chi connectivity index (χ0) is 20.2. The quantitative estimate of drug-likeness (QED) is 0.577. The maximum atomic E-state index is 12.2. The van der Waals surface area contributed by atoms with Gasteiger partial charge in [-0.2, -0.15) is 0 Å². The molecule has 0 N–H and O–H groups in total. The van der Waals surface area contributed by atoms with E-state index in [4.69, 9.17) is 23.5 Å². The monoisotopic (exact) mass is 395 g/mol. The van der Waals surface area contributed by atoms with Crippen LogP contribution in [0.3, 0.4) is 0 Å². The second kappa shape index (κ2) is 8.26. The summed E-state index contributed by atoms with van der Waals surface area (Å²) in [7, 11) is 0. The third-order valence-corrected chi connectivity index (χ3v) is 4.20. The summed E-state index contributed by atoms with van der Waals surface area (Å²) in [4.78, 5) is 12.2. The second-order valence-corrected chi connectivity index (χ2v) is 6.81. The Balaban J connectivity index is 1.37. The maximum absolute atomic E-state index is 12.2. The van der Waals surface area contributed by atoms with Gasteiger partial charge in [0, 0.05) is 11.6 Å². The van der Waals surface area contributed by atoms with E-state index in [0.29, 0.717) is 47.5 Å². The number of hydrogen-bond donors (Lipinski definition) is 0. The van der Waals surface area contributed by atoms with Gasteiger partial charge >= 0.3 is 5.97 Å². The number of esters is 1. The van der Waals surface area contributed by atoms with Gasteiger partial charge in [0.05, 0.1) is 11.7 Å². The van der Waals surface area contributed by atoms with Gasteiger partial charge in [-0.3, -0.25) is 0 Å². The molecule has 0 amide bonds. The fourth-order valence-corrected chi connectivity index (χ4v) is 2.88. The molecule has 0 saturated carbocycles. The zero-order valence-electron chi connectivity index (χ0n) is 16.2. The van der Waals surface area contributed by atoms with Crippen molar-refractivity contribution in [1.82, 2.24) is 5.16 Å². The Morgan fingerprint density at radius 3 is 2.55 bits per heavy atom. The fraction of sp³-hybridized carbons (Fsp3) is 0.273. The molecule has 3 aromatic rings. The van der Waals surface area contributed by atoms with Crippen LogP contribution in [0.1, 0.15) is 29.9 Å². The normalized spacial score (nSPS) is 12.7. The average molecular weight is 395 g/mol. The van der Waals surface area contributed by atoms with Crippen LogP contribution in [0.2, 0.25) is 0 Å². The summed E-state index contributed by atoms with van der Waals surface area (Å²) in [6, 6.07) is 14.1. The molecule has 2 aromatic carbocycles. The molecule has 1 aliphatic rings. The van der Waals surface area contributed by atoms with E-state index in [1.165, 1.54) is 0 Å². The molecule has 0 spiro atoms. The van der Waals surface area contributed by atoms with Gasteiger partial charge in [-0.25, -0.2) is 4.79 Å². The molecule has 0 unspecified atom stereocenters. The first kappa shape index (κ1) is 18.9. The van der Waals surface area contributed by atoms with Crippen LogP contribution in [-0.2, 0) is 11.3 Å². The van der Waals surface area contributed by atoms with Gasteiger partial charge in [0.2, 0.25) is 0 Å². The van der Waals surface area contributed by atoms with Crippen molar-refractivity contribution in [2.45, 2.75) is 26.6 Å². The van der Waals surface area contributed by atoms with E-state index in [2.05, 4.69) is 5.16 Å². The highest BCUT2D eigenvalue weighted by molar-refractivity contribution is 5.89. The van der Waals surface area contributed by atoms with E-state index in [0.717, 1.165) is 5.56 Å². The van der Waals surface area contributed by atoms with Gasteiger partial charge in [0.15, 0.2) is 17.3 Å². The van der Waals surface area contributed by atoms with Crippen molar-refractivity contribution in [2.75, 3.05) is 13.2 Å². The number of hydrogen-bond acceptors (Lipinski definition) is 7. The molecule has 0 saturated heterocycles. The predicted octanol–water partition coefficient (Wildman–Crippen LogP) is 4.26. The molecule has 150 valence electrons. The predicted molar refractivity (Wildman–Crippen MR) is 104 cm³/mol. The Labute approximate surface area is 168 Å². The molecule has 1 aliphatic heterocycles. The molecule has 7 heteroatoms. The molecule has 0 radical (unpaired) electrons. The van der Waals surface area contributed by atoms with E-state index in [-0.39, 0.29) is 12.7 Å². The summed E-state index contributed by atoms with van der Waals surface area (Å²) < 4.78 is 27.4. The third-order valence-electron chi connectivity index (χ3n) is 4.20. The van der Waals surface area contributed by atoms with Crippen LogP contribution in [0.25, 0.3) is 11.3 Å². The van der Waals surface area contributed by atoms with Crippen LogP contribution in [-0.4, -0.2) is 30.4 Å². The molecule has 1 aromatic heterocycles. The van der Waals surface area contributed by atoms with Crippen molar-refractivity contribution in [3.8, 4) is 28.6 Å². The zero-order valence-corrected chi connectivity index (χ0v) is 16.2. The highest BCUT2D eigenvalue weighted by Gasteiger charge is 2.16. The van der Waals surface area contributed by atoms with Crippen molar-refractivity contribution < 1.29 is 28.3 Å². The first-order valence-electron chi connectivity index (χ1n) is 9.38. The van der Waals surface area contributed by atoms with Gasteiger partial charge in [0.1, 0.15) is 31.3 Å². The standard InChI is InChI=1S/C22H21NO6/c1-14(2)28-18-6-3-15(4-7-18)22(24)27-13-17-12-20(29-23-17)16-5-8-19-21(11-16)26-10-9-25-19/h3-8,11-12,14H,9-10,13H2,1-2H3.